The van der Waals surface area contributed by atoms with E-state index in [1.165, 1.54) is 23.2 Å². The highest BCUT2D eigenvalue weighted by atomic mass is 79.9. The number of fused-ring (bicyclic) bond motifs is 3. The monoisotopic (exact) mass is 421 g/mol. The zero-order chi connectivity index (χ0) is 16.9. The van der Waals surface area contributed by atoms with Crippen molar-refractivity contribution in [3.05, 3.63) is 17.0 Å². The third-order valence-electron chi connectivity index (χ3n) is 4.58. The molecule has 0 radical (unpaired) electrons. The molecule has 3 atom stereocenters. The maximum Gasteiger partial charge on any atom is 0.447 e. The SMILES string of the molecule is FC(F)(F)Sc1c(Br)nc2c(N[C@@H]3CC[C@@H]4CC[C@H]3N4)nccn12. The van der Waals surface area contributed by atoms with Crippen LogP contribution in [0.2, 0.25) is 0 Å². The molecule has 0 spiro atoms. The number of piperidine rings is 1. The Labute approximate surface area is 148 Å². The van der Waals surface area contributed by atoms with Crippen LogP contribution in [0.5, 0.6) is 0 Å². The van der Waals surface area contributed by atoms with Crippen molar-refractivity contribution in [2.75, 3.05) is 5.32 Å². The number of anilines is 1. The topological polar surface area (TPSA) is 54.2 Å². The van der Waals surface area contributed by atoms with Gasteiger partial charge in [-0.05, 0) is 41.6 Å². The van der Waals surface area contributed by atoms with E-state index in [9.17, 15) is 13.2 Å². The van der Waals surface area contributed by atoms with Gasteiger partial charge in [0.25, 0.3) is 0 Å². The van der Waals surface area contributed by atoms with Gasteiger partial charge in [0, 0.05) is 42.3 Å². The molecule has 130 valence electrons. The lowest BCUT2D eigenvalue weighted by Crippen LogP contribution is -2.47. The van der Waals surface area contributed by atoms with Crippen LogP contribution in [0.15, 0.2) is 22.0 Å². The van der Waals surface area contributed by atoms with Crippen molar-refractivity contribution in [2.45, 2.75) is 54.3 Å². The van der Waals surface area contributed by atoms with Gasteiger partial charge in [-0.2, -0.15) is 13.2 Å². The van der Waals surface area contributed by atoms with E-state index in [1.807, 2.05) is 0 Å². The maximum absolute atomic E-state index is 12.8. The van der Waals surface area contributed by atoms with Gasteiger partial charge in [-0.3, -0.25) is 4.40 Å². The first-order valence-corrected chi connectivity index (χ1v) is 9.32. The summed E-state index contributed by atoms with van der Waals surface area (Å²) >= 11 is 2.95. The van der Waals surface area contributed by atoms with Gasteiger partial charge in [0.1, 0.15) is 9.63 Å². The summed E-state index contributed by atoms with van der Waals surface area (Å²) in [4.78, 5) is 8.54. The summed E-state index contributed by atoms with van der Waals surface area (Å²) in [5.41, 5.74) is -3.97. The quantitative estimate of drug-likeness (QED) is 0.738. The summed E-state index contributed by atoms with van der Waals surface area (Å²) in [5.74, 6) is 0.518. The fraction of sp³-hybridized carbons (Fsp3) is 0.571. The number of alkyl halides is 3. The number of hydrogen-bond acceptors (Lipinski definition) is 5. The first-order chi connectivity index (χ1) is 11.4. The molecule has 2 saturated heterocycles. The van der Waals surface area contributed by atoms with Crippen molar-refractivity contribution in [3.8, 4) is 0 Å². The van der Waals surface area contributed by atoms with Crippen molar-refractivity contribution in [1.29, 1.82) is 0 Å². The van der Waals surface area contributed by atoms with Crippen molar-refractivity contribution in [3.63, 3.8) is 0 Å². The minimum Gasteiger partial charge on any atom is -0.363 e. The average Bonchev–Trinajstić information content (AvgIpc) is 3.04. The summed E-state index contributed by atoms with van der Waals surface area (Å²) in [7, 11) is 0. The molecule has 2 aromatic rings. The summed E-state index contributed by atoms with van der Waals surface area (Å²) in [6.45, 7) is 0. The molecule has 2 bridgehead atoms. The number of nitrogens with one attached hydrogen (secondary N) is 2. The molecule has 4 heterocycles. The van der Waals surface area contributed by atoms with Crippen LogP contribution in [0.1, 0.15) is 25.7 Å². The highest BCUT2D eigenvalue weighted by molar-refractivity contribution is 9.10. The van der Waals surface area contributed by atoms with Crippen LogP contribution in [0.25, 0.3) is 5.65 Å². The predicted molar refractivity (Wildman–Crippen MR) is 89.2 cm³/mol. The Balaban J connectivity index is 1.65. The van der Waals surface area contributed by atoms with E-state index in [2.05, 4.69) is 36.5 Å². The Morgan fingerprint density at radius 1 is 1.29 bits per heavy atom. The van der Waals surface area contributed by atoms with E-state index in [0.717, 1.165) is 19.3 Å². The highest BCUT2D eigenvalue weighted by Crippen LogP contribution is 2.41. The van der Waals surface area contributed by atoms with Gasteiger partial charge in [-0.1, -0.05) is 0 Å². The van der Waals surface area contributed by atoms with Gasteiger partial charge in [-0.15, -0.1) is 0 Å². The number of nitrogens with zero attached hydrogens (tertiary/aromatic N) is 3. The van der Waals surface area contributed by atoms with Crippen LogP contribution in [0.4, 0.5) is 19.0 Å². The average molecular weight is 422 g/mol. The number of thioether (sulfide) groups is 1. The van der Waals surface area contributed by atoms with Crippen LogP contribution >= 0.6 is 27.7 Å². The van der Waals surface area contributed by atoms with Crippen molar-refractivity contribution in [1.82, 2.24) is 19.7 Å². The Bertz CT molecular complexity index is 765. The normalized spacial score (nSPS) is 26.9. The van der Waals surface area contributed by atoms with Gasteiger partial charge in [-0.25, -0.2) is 9.97 Å². The van der Waals surface area contributed by atoms with Crippen LogP contribution in [0, 0.1) is 0 Å². The summed E-state index contributed by atoms with van der Waals surface area (Å²) in [6, 6.07) is 1.21. The second-order valence-corrected chi connectivity index (χ2v) is 7.91. The molecule has 5 nitrogen and oxygen atoms in total. The molecule has 10 heteroatoms. The van der Waals surface area contributed by atoms with E-state index < -0.39 is 5.51 Å². The number of aromatic nitrogens is 3. The fourth-order valence-electron chi connectivity index (χ4n) is 3.56. The summed E-state index contributed by atoms with van der Waals surface area (Å²) < 4.78 is 39.9. The van der Waals surface area contributed by atoms with E-state index in [-0.39, 0.29) is 27.4 Å². The lowest BCUT2D eigenvalue weighted by atomic mass is 10.00. The zero-order valence-corrected chi connectivity index (χ0v) is 14.9. The molecule has 0 amide bonds. The summed E-state index contributed by atoms with van der Waals surface area (Å²) in [6.07, 6.45) is 7.41. The minimum atomic E-state index is -4.37. The Morgan fingerprint density at radius 3 is 2.88 bits per heavy atom. The third-order valence-corrected chi connectivity index (χ3v) is 6.21. The molecular formula is C14H15BrF3N5S. The highest BCUT2D eigenvalue weighted by Gasteiger charge is 2.36. The molecule has 2 aromatic heterocycles. The number of imidazole rings is 1. The van der Waals surface area contributed by atoms with Crippen LogP contribution < -0.4 is 10.6 Å². The van der Waals surface area contributed by atoms with Gasteiger partial charge in [0.2, 0.25) is 0 Å². The molecule has 0 saturated carbocycles. The lowest BCUT2D eigenvalue weighted by molar-refractivity contribution is -0.0330. The minimum absolute atomic E-state index is 0.00523. The van der Waals surface area contributed by atoms with E-state index >= 15 is 0 Å². The van der Waals surface area contributed by atoms with Crippen molar-refractivity contribution in [2.24, 2.45) is 0 Å². The van der Waals surface area contributed by atoms with E-state index in [4.69, 9.17) is 0 Å². The Morgan fingerprint density at radius 2 is 2.08 bits per heavy atom. The van der Waals surface area contributed by atoms with Crippen LogP contribution in [-0.4, -0.2) is 38.0 Å². The molecule has 2 fully saturated rings. The zero-order valence-electron chi connectivity index (χ0n) is 12.5. The third kappa shape index (κ3) is 3.11. The Kier molecular flexibility index (Phi) is 4.16. The molecule has 4 rings (SSSR count). The lowest BCUT2D eigenvalue weighted by Gasteiger charge is -2.31. The number of halogens is 4. The predicted octanol–water partition coefficient (Wildman–Crippen LogP) is 3.80. The molecule has 24 heavy (non-hydrogen) atoms. The molecule has 0 unspecified atom stereocenters. The molecule has 2 aliphatic heterocycles. The smallest absolute Gasteiger partial charge is 0.363 e. The number of hydrogen-bond donors (Lipinski definition) is 2. The summed E-state index contributed by atoms with van der Waals surface area (Å²) in [5, 5.41) is 6.97. The van der Waals surface area contributed by atoms with Crippen molar-refractivity contribution >= 4 is 39.2 Å². The standard InChI is InChI=1S/C14H15BrF3N5S/c15-10-13(24-14(16,17)18)23-6-5-19-11(12(23)22-10)21-9-4-2-7-1-3-8(9)20-7/h5-9,20H,1-4H2,(H,19,21)/t7-,8+,9+/m0/s1. The van der Waals surface area contributed by atoms with Crippen molar-refractivity contribution < 1.29 is 13.2 Å². The van der Waals surface area contributed by atoms with Crippen LogP contribution in [-0.2, 0) is 0 Å². The number of rotatable bonds is 3. The molecule has 2 N–H and O–H groups in total. The first-order valence-electron chi connectivity index (χ1n) is 7.71. The largest absolute Gasteiger partial charge is 0.447 e. The van der Waals surface area contributed by atoms with E-state index in [0.29, 0.717) is 23.5 Å². The van der Waals surface area contributed by atoms with Gasteiger partial charge >= 0.3 is 5.51 Å². The molecular weight excluding hydrogens is 407 g/mol. The Hall–Kier alpha value is -1.00. The molecule has 0 aromatic carbocycles. The van der Waals surface area contributed by atoms with Gasteiger partial charge < -0.3 is 10.6 Å². The second kappa shape index (κ2) is 6.06. The first kappa shape index (κ1) is 16.5. The van der Waals surface area contributed by atoms with Gasteiger partial charge in [0.15, 0.2) is 11.5 Å². The fourth-order valence-corrected chi connectivity index (χ4v) is 4.75. The molecule has 2 aliphatic rings. The second-order valence-electron chi connectivity index (χ2n) is 6.10. The van der Waals surface area contributed by atoms with Gasteiger partial charge in [0.05, 0.1) is 0 Å². The molecule has 0 aliphatic carbocycles. The maximum atomic E-state index is 12.8. The van der Waals surface area contributed by atoms with Crippen LogP contribution in [0.3, 0.4) is 0 Å². The van der Waals surface area contributed by atoms with E-state index in [1.54, 1.807) is 0 Å².